The molecule has 0 fully saturated rings. The molecule has 0 heterocycles. The summed E-state index contributed by atoms with van der Waals surface area (Å²) in [4.78, 5) is 0. The number of rotatable bonds is 0. The monoisotopic (exact) mass is 216 g/mol. The van der Waals surface area contributed by atoms with E-state index in [0.717, 1.165) is 0 Å². The van der Waals surface area contributed by atoms with Gasteiger partial charge in [-0.05, 0) is 0 Å². The standard InChI is InChI=1S/Cs.H2O3S.H/c;1-4(2)3;/h;4H,(H,1,2,3);. The molecule has 0 saturated heterocycles. The molecule has 0 aromatic rings. The van der Waals surface area contributed by atoms with Crippen LogP contribution < -0.4 is 0 Å². The molecule has 0 atom stereocenters. The molecule has 0 aromatic heterocycles. The Morgan fingerprint density at radius 1 is 1.40 bits per heavy atom. The van der Waals surface area contributed by atoms with Crippen LogP contribution in [0.15, 0.2) is 0 Å². The van der Waals surface area contributed by atoms with Gasteiger partial charge >= 0.3 is 68.9 Å². The summed E-state index contributed by atoms with van der Waals surface area (Å²) in [5.74, 6) is 0. The van der Waals surface area contributed by atoms with Gasteiger partial charge in [-0.15, -0.1) is 0 Å². The summed E-state index contributed by atoms with van der Waals surface area (Å²) in [6.45, 7) is 0. The zero-order valence-corrected chi connectivity index (χ0v) is 2.61. The molecule has 0 radical (unpaired) electrons. The van der Waals surface area contributed by atoms with E-state index in [0.29, 0.717) is 0 Å². The first-order valence-electron chi connectivity index (χ1n) is 0.565. The van der Waals surface area contributed by atoms with Crippen LogP contribution in [-0.4, -0.2) is 81.9 Å². The van der Waals surface area contributed by atoms with Gasteiger partial charge in [0.25, 0.3) is 11.0 Å². The first-order chi connectivity index (χ1) is 1.73. The van der Waals surface area contributed by atoms with Gasteiger partial charge in [0, 0.05) is 0 Å². The summed E-state index contributed by atoms with van der Waals surface area (Å²) >= 11 is 0. The molecule has 1 N–H and O–H groups in total. The Hall–Kier alpha value is 1.96. The molecule has 0 bridgehead atoms. The molecule has 0 saturated carbocycles. The second-order valence-corrected chi connectivity index (χ2v) is 0.714. The van der Waals surface area contributed by atoms with Gasteiger partial charge in [-0.3, -0.25) is 4.55 Å². The number of hydrogen-bond donors (Lipinski definition) is 2. The summed E-state index contributed by atoms with van der Waals surface area (Å²) in [5, 5.41) is 0. The summed E-state index contributed by atoms with van der Waals surface area (Å²) in [6.07, 6.45) is 0. The first-order valence-corrected chi connectivity index (χ1v) is 1.70. The van der Waals surface area contributed by atoms with Crippen molar-refractivity contribution in [3.05, 3.63) is 0 Å². The van der Waals surface area contributed by atoms with E-state index in [-0.39, 0.29) is 68.9 Å². The Morgan fingerprint density at radius 3 is 1.40 bits per heavy atom. The summed E-state index contributed by atoms with van der Waals surface area (Å²) in [5.41, 5.74) is 0. The molecule has 0 rings (SSSR count). The summed E-state index contributed by atoms with van der Waals surface area (Å²) < 4.78 is 24.2. The van der Waals surface area contributed by atoms with Crippen LogP contribution in [0.1, 0.15) is 0 Å². The molecule has 5 heavy (non-hydrogen) atoms. The maximum atomic E-state index is 8.59. The molecule has 0 amide bonds. The summed E-state index contributed by atoms with van der Waals surface area (Å²) in [7, 11) is -3.12. The van der Waals surface area contributed by atoms with Crippen molar-refractivity contribution in [1.29, 1.82) is 0 Å². The van der Waals surface area contributed by atoms with Gasteiger partial charge in [-0.25, -0.2) is 8.42 Å². The molecule has 0 aromatic carbocycles. The van der Waals surface area contributed by atoms with Crippen LogP contribution in [0.25, 0.3) is 0 Å². The SMILES string of the molecule is O=[SH](=O)O.[CsH]. The fourth-order valence-electron chi connectivity index (χ4n) is 0. The summed E-state index contributed by atoms with van der Waals surface area (Å²) in [6, 6.07) is 0. The third kappa shape index (κ3) is 24.3. The van der Waals surface area contributed by atoms with Crippen molar-refractivity contribution < 1.29 is 13.0 Å². The van der Waals surface area contributed by atoms with Crippen LogP contribution in [-0.2, 0) is 11.0 Å². The van der Waals surface area contributed by atoms with E-state index in [1.165, 1.54) is 0 Å². The van der Waals surface area contributed by atoms with Crippen molar-refractivity contribution in [2.75, 3.05) is 0 Å². The van der Waals surface area contributed by atoms with Crippen LogP contribution >= 0.6 is 0 Å². The topological polar surface area (TPSA) is 54.4 Å². The molecule has 5 heteroatoms. The molecule has 0 spiro atoms. The molecule has 28 valence electrons. The van der Waals surface area contributed by atoms with Crippen molar-refractivity contribution in [3.8, 4) is 0 Å². The van der Waals surface area contributed by atoms with E-state index in [1.54, 1.807) is 0 Å². The second kappa shape index (κ2) is 5.96. The van der Waals surface area contributed by atoms with E-state index in [4.69, 9.17) is 13.0 Å². The quantitative estimate of drug-likeness (QED) is 0.379. The predicted octanol–water partition coefficient (Wildman–Crippen LogP) is -1.58. The van der Waals surface area contributed by atoms with Gasteiger partial charge in [-0.2, -0.15) is 0 Å². The Labute approximate surface area is 90.3 Å². The van der Waals surface area contributed by atoms with Crippen molar-refractivity contribution in [3.63, 3.8) is 0 Å². The fourth-order valence-corrected chi connectivity index (χ4v) is 0. The van der Waals surface area contributed by atoms with E-state index < -0.39 is 11.0 Å². The third-order valence-electron chi connectivity index (χ3n) is 0. The Balaban J connectivity index is 0. The van der Waals surface area contributed by atoms with Gasteiger partial charge in [-0.1, -0.05) is 0 Å². The van der Waals surface area contributed by atoms with Crippen molar-refractivity contribution in [2.24, 2.45) is 0 Å². The van der Waals surface area contributed by atoms with Crippen molar-refractivity contribution in [1.82, 2.24) is 0 Å². The normalized spacial score (nSPS) is 6.80. The Bertz CT molecular complexity index is 55.3. The predicted molar refractivity (Wildman–Crippen MR) is 20.1 cm³/mol. The van der Waals surface area contributed by atoms with Gasteiger partial charge in [0.1, 0.15) is 0 Å². The molecular weight excluding hydrogens is 213 g/mol. The van der Waals surface area contributed by atoms with Crippen LogP contribution in [0.4, 0.5) is 0 Å². The minimum atomic E-state index is -3.12. The maximum absolute atomic E-state index is 8.59. The van der Waals surface area contributed by atoms with E-state index in [9.17, 15) is 0 Å². The minimum absolute atomic E-state index is 0. The van der Waals surface area contributed by atoms with Crippen LogP contribution in [0, 0.1) is 0 Å². The van der Waals surface area contributed by atoms with Crippen LogP contribution in [0.2, 0.25) is 0 Å². The first kappa shape index (κ1) is 10.1. The molecule has 3 nitrogen and oxygen atoms in total. The molecule has 0 aliphatic carbocycles. The van der Waals surface area contributed by atoms with Crippen molar-refractivity contribution >= 4 is 79.9 Å². The van der Waals surface area contributed by atoms with Gasteiger partial charge in [0.2, 0.25) is 0 Å². The zero-order chi connectivity index (χ0) is 3.58. The molecule has 0 unspecified atom stereocenters. The van der Waals surface area contributed by atoms with E-state index >= 15 is 0 Å². The average molecular weight is 216 g/mol. The molecule has 0 aliphatic heterocycles. The van der Waals surface area contributed by atoms with E-state index in [1.807, 2.05) is 0 Å². The Morgan fingerprint density at radius 2 is 1.40 bits per heavy atom. The van der Waals surface area contributed by atoms with Gasteiger partial charge in [0.15, 0.2) is 0 Å². The van der Waals surface area contributed by atoms with E-state index in [2.05, 4.69) is 0 Å². The van der Waals surface area contributed by atoms with Crippen LogP contribution in [0.5, 0.6) is 0 Å². The third-order valence-corrected chi connectivity index (χ3v) is 0. The number of hydrogen-bond acceptors (Lipinski definition) is 2. The molecular formula is H3CsO3S. The molecule has 0 aliphatic rings. The Kier molecular flexibility index (Phi) is 12.0. The van der Waals surface area contributed by atoms with Gasteiger partial charge < -0.3 is 0 Å². The fraction of sp³-hybridized carbons (Fsp3) is 0. The van der Waals surface area contributed by atoms with Crippen LogP contribution in [0.3, 0.4) is 0 Å². The van der Waals surface area contributed by atoms with Crippen molar-refractivity contribution in [2.45, 2.75) is 0 Å². The second-order valence-electron chi connectivity index (χ2n) is 0.238. The zero-order valence-electron chi connectivity index (χ0n) is 1.71. The average Bonchev–Trinajstić information content (AvgIpc) is 0.811. The number of thiol groups is 1. The van der Waals surface area contributed by atoms with Gasteiger partial charge in [0.05, 0.1) is 0 Å².